The molecule has 0 spiro atoms. The molecular formula is C48H35NO2. The monoisotopic (exact) mass is 657 g/mol. The van der Waals surface area contributed by atoms with Crippen molar-refractivity contribution < 1.29 is 9.59 Å². The van der Waals surface area contributed by atoms with Gasteiger partial charge >= 0.3 is 0 Å². The van der Waals surface area contributed by atoms with Crippen molar-refractivity contribution in [3.63, 3.8) is 0 Å². The fourth-order valence-corrected chi connectivity index (χ4v) is 6.96. The van der Waals surface area contributed by atoms with Crippen molar-refractivity contribution in [2.75, 3.05) is 4.90 Å². The lowest BCUT2D eigenvalue weighted by atomic mass is 9.92. The summed E-state index contributed by atoms with van der Waals surface area (Å²) in [4.78, 5) is 27.5. The summed E-state index contributed by atoms with van der Waals surface area (Å²) in [5, 5.41) is 1.87. The first-order chi connectivity index (χ1) is 25.1. The molecule has 0 aliphatic heterocycles. The number of anilines is 2. The Kier molecular flexibility index (Phi) is 8.76. The lowest BCUT2D eigenvalue weighted by Gasteiger charge is -2.31. The molecule has 0 amide bonds. The van der Waals surface area contributed by atoms with Crippen LogP contribution in [0, 0.1) is 0 Å². The van der Waals surface area contributed by atoms with Gasteiger partial charge in [0.1, 0.15) is 0 Å². The van der Waals surface area contributed by atoms with Gasteiger partial charge in [0.25, 0.3) is 0 Å². The van der Waals surface area contributed by atoms with Gasteiger partial charge < -0.3 is 4.90 Å². The van der Waals surface area contributed by atoms with E-state index in [1.807, 2.05) is 42.5 Å². The summed E-state index contributed by atoms with van der Waals surface area (Å²) >= 11 is 0. The van der Waals surface area contributed by atoms with Crippen LogP contribution < -0.4 is 4.90 Å². The van der Waals surface area contributed by atoms with Crippen LogP contribution in [0.3, 0.4) is 0 Å². The molecule has 0 aromatic heterocycles. The SMILES string of the molecule is O=Cc1cc2ccccc2cc1C(=O)/C=C/c1ccc2c(c1)CCC(N(c1ccc(-c3ccccc3)cc1)c1ccc(-c3ccccc3)cc1)=C2. The number of carbonyl (C=O) groups excluding carboxylic acids is 2. The van der Waals surface area contributed by atoms with Crippen molar-refractivity contribution in [3.8, 4) is 22.3 Å². The molecule has 1 aliphatic rings. The van der Waals surface area contributed by atoms with E-state index in [-0.39, 0.29) is 5.78 Å². The van der Waals surface area contributed by atoms with Crippen LogP contribution in [0.2, 0.25) is 0 Å². The van der Waals surface area contributed by atoms with Crippen LogP contribution in [0.4, 0.5) is 11.4 Å². The predicted octanol–water partition coefficient (Wildman–Crippen LogP) is 12.0. The Morgan fingerprint density at radius 3 is 1.69 bits per heavy atom. The Labute approximate surface area is 298 Å². The molecule has 0 unspecified atom stereocenters. The standard InChI is InChI=1S/C48H35NO2/c50-33-43-30-39-13-7-8-14-40(39)32-47(43)48(51)28-16-34-15-17-42-31-46(27-22-41(42)29-34)49(44-23-18-37(19-24-44)35-9-3-1-4-10-35)45-25-20-38(21-26-45)36-11-5-2-6-12-36/h1-21,23-26,28-33H,22,27H2/b28-16+. The van der Waals surface area contributed by atoms with E-state index in [1.54, 1.807) is 18.2 Å². The van der Waals surface area contributed by atoms with E-state index < -0.39 is 0 Å². The maximum atomic E-state index is 13.3. The Morgan fingerprint density at radius 2 is 1.10 bits per heavy atom. The van der Waals surface area contributed by atoms with Crippen molar-refractivity contribution >= 4 is 46.4 Å². The van der Waals surface area contributed by atoms with Crippen LogP contribution in [-0.4, -0.2) is 12.1 Å². The number of aryl methyl sites for hydroxylation is 1. The summed E-state index contributed by atoms with van der Waals surface area (Å²) in [6.45, 7) is 0. The number of nitrogens with zero attached hydrogens (tertiary/aromatic N) is 1. The van der Waals surface area contributed by atoms with Gasteiger partial charge in [-0.05, 0) is 111 Å². The second-order valence-corrected chi connectivity index (χ2v) is 12.9. The van der Waals surface area contributed by atoms with Gasteiger partial charge in [-0.2, -0.15) is 0 Å². The van der Waals surface area contributed by atoms with Crippen molar-refractivity contribution in [1.82, 2.24) is 0 Å². The number of benzene rings is 7. The highest BCUT2D eigenvalue weighted by Crippen LogP contribution is 2.38. The molecule has 0 fully saturated rings. The third-order valence-corrected chi connectivity index (χ3v) is 9.63. The molecule has 0 N–H and O–H groups in total. The topological polar surface area (TPSA) is 37.4 Å². The highest BCUT2D eigenvalue weighted by molar-refractivity contribution is 6.13. The normalized spacial score (nSPS) is 12.4. The fourth-order valence-electron chi connectivity index (χ4n) is 6.96. The molecule has 8 rings (SSSR count). The van der Waals surface area contributed by atoms with Crippen LogP contribution in [0.1, 0.15) is 43.8 Å². The summed E-state index contributed by atoms with van der Waals surface area (Å²) < 4.78 is 0. The minimum atomic E-state index is -0.185. The lowest BCUT2D eigenvalue weighted by Crippen LogP contribution is -2.19. The molecular weight excluding hydrogens is 623 g/mol. The summed E-state index contributed by atoms with van der Waals surface area (Å²) in [6.07, 6.45) is 8.20. The molecule has 1 aliphatic carbocycles. The first-order valence-corrected chi connectivity index (χ1v) is 17.3. The summed E-state index contributed by atoms with van der Waals surface area (Å²) in [7, 11) is 0. The maximum Gasteiger partial charge on any atom is 0.186 e. The number of carbonyl (C=O) groups is 2. The molecule has 0 atom stereocenters. The molecule has 3 heteroatoms. The number of hydrogen-bond donors (Lipinski definition) is 0. The van der Waals surface area contributed by atoms with Gasteiger partial charge in [0, 0.05) is 28.2 Å². The molecule has 0 saturated heterocycles. The number of hydrogen-bond acceptors (Lipinski definition) is 3. The average molecular weight is 658 g/mol. The van der Waals surface area contributed by atoms with E-state index in [1.165, 1.54) is 39.1 Å². The van der Waals surface area contributed by atoms with Crippen molar-refractivity contribution in [3.05, 3.63) is 203 Å². The van der Waals surface area contributed by atoms with Gasteiger partial charge in [0.15, 0.2) is 12.1 Å². The first-order valence-electron chi connectivity index (χ1n) is 17.3. The average Bonchev–Trinajstić information content (AvgIpc) is 3.20. The van der Waals surface area contributed by atoms with E-state index in [9.17, 15) is 9.59 Å². The molecule has 244 valence electrons. The molecule has 7 aromatic carbocycles. The second-order valence-electron chi connectivity index (χ2n) is 12.9. The number of aldehydes is 1. The lowest BCUT2D eigenvalue weighted by molar-refractivity contribution is 0.103. The van der Waals surface area contributed by atoms with E-state index in [4.69, 9.17) is 0 Å². The van der Waals surface area contributed by atoms with Gasteiger partial charge in [0.05, 0.1) is 0 Å². The minimum Gasteiger partial charge on any atom is -0.314 e. The highest BCUT2D eigenvalue weighted by atomic mass is 16.1. The number of ketones is 1. The zero-order valence-electron chi connectivity index (χ0n) is 28.1. The van der Waals surface area contributed by atoms with Gasteiger partial charge in [-0.25, -0.2) is 0 Å². The Hall–Kier alpha value is -6.58. The van der Waals surface area contributed by atoms with E-state index in [0.717, 1.165) is 46.8 Å². The molecule has 0 saturated carbocycles. The highest BCUT2D eigenvalue weighted by Gasteiger charge is 2.20. The van der Waals surface area contributed by atoms with Crippen LogP contribution >= 0.6 is 0 Å². The van der Waals surface area contributed by atoms with Crippen LogP contribution in [0.5, 0.6) is 0 Å². The minimum absolute atomic E-state index is 0.185. The van der Waals surface area contributed by atoms with Crippen LogP contribution in [0.25, 0.3) is 45.2 Å². The van der Waals surface area contributed by atoms with E-state index in [0.29, 0.717) is 11.1 Å². The summed E-state index contributed by atoms with van der Waals surface area (Å²) in [5.41, 5.74) is 12.4. The zero-order chi connectivity index (χ0) is 34.6. The van der Waals surface area contributed by atoms with Crippen molar-refractivity contribution in [1.29, 1.82) is 0 Å². The Bertz CT molecular complexity index is 2340. The summed E-state index contributed by atoms with van der Waals surface area (Å²) in [5.74, 6) is -0.185. The van der Waals surface area contributed by atoms with Gasteiger partial charge in [-0.15, -0.1) is 0 Å². The van der Waals surface area contributed by atoms with Crippen molar-refractivity contribution in [2.45, 2.75) is 12.8 Å². The second kappa shape index (κ2) is 14.1. The van der Waals surface area contributed by atoms with E-state index in [2.05, 4.69) is 126 Å². The quantitative estimate of drug-likeness (QED) is 0.0881. The Balaban J connectivity index is 1.09. The third-order valence-electron chi connectivity index (χ3n) is 9.63. The van der Waals surface area contributed by atoms with Gasteiger partial charge in [-0.3, -0.25) is 9.59 Å². The fraction of sp³-hybridized carbons (Fsp3) is 0.0417. The molecule has 7 aromatic rings. The van der Waals surface area contributed by atoms with E-state index >= 15 is 0 Å². The van der Waals surface area contributed by atoms with Gasteiger partial charge in [0.2, 0.25) is 0 Å². The molecule has 0 radical (unpaired) electrons. The number of rotatable bonds is 9. The third kappa shape index (κ3) is 6.70. The van der Waals surface area contributed by atoms with Gasteiger partial charge in [-0.1, -0.05) is 133 Å². The molecule has 0 heterocycles. The first kappa shape index (κ1) is 31.7. The van der Waals surface area contributed by atoms with Crippen LogP contribution in [-0.2, 0) is 6.42 Å². The largest absolute Gasteiger partial charge is 0.314 e. The Morgan fingerprint density at radius 1 is 0.549 bits per heavy atom. The number of fused-ring (bicyclic) bond motifs is 2. The summed E-state index contributed by atoms with van der Waals surface area (Å²) in [6, 6.07) is 56.3. The zero-order valence-corrected chi connectivity index (χ0v) is 28.1. The number of allylic oxidation sites excluding steroid dienone is 2. The van der Waals surface area contributed by atoms with Crippen molar-refractivity contribution in [2.24, 2.45) is 0 Å². The molecule has 51 heavy (non-hydrogen) atoms. The molecule has 0 bridgehead atoms. The molecule has 3 nitrogen and oxygen atoms in total. The smallest absolute Gasteiger partial charge is 0.186 e. The van der Waals surface area contributed by atoms with Crippen LogP contribution in [0.15, 0.2) is 176 Å². The maximum absolute atomic E-state index is 13.3. The predicted molar refractivity (Wildman–Crippen MR) is 211 cm³/mol.